The molecule has 1 aromatic carbocycles. The molecule has 1 aromatic heterocycles. The van der Waals surface area contributed by atoms with Gasteiger partial charge in [0.25, 0.3) is 5.91 Å². The van der Waals surface area contributed by atoms with E-state index in [4.69, 9.17) is 16.3 Å². The highest BCUT2D eigenvalue weighted by molar-refractivity contribution is 7.89. The lowest BCUT2D eigenvalue weighted by Gasteiger charge is -2.13. The third-order valence-electron chi connectivity index (χ3n) is 4.16. The van der Waals surface area contributed by atoms with Crippen LogP contribution in [-0.2, 0) is 21.3 Å². The van der Waals surface area contributed by atoms with E-state index in [1.165, 1.54) is 18.2 Å². The van der Waals surface area contributed by atoms with E-state index in [1.54, 1.807) is 18.3 Å². The Kier molecular flexibility index (Phi) is 6.43. The molecule has 7 nitrogen and oxygen atoms in total. The van der Waals surface area contributed by atoms with Gasteiger partial charge in [0.05, 0.1) is 23.4 Å². The van der Waals surface area contributed by atoms with Gasteiger partial charge in [-0.1, -0.05) is 17.7 Å². The zero-order chi connectivity index (χ0) is 19.3. The molecule has 0 aliphatic carbocycles. The van der Waals surface area contributed by atoms with Crippen molar-refractivity contribution in [3.63, 3.8) is 0 Å². The van der Waals surface area contributed by atoms with E-state index in [1.807, 2.05) is 6.07 Å². The second kappa shape index (κ2) is 8.79. The zero-order valence-corrected chi connectivity index (χ0v) is 16.1. The first-order chi connectivity index (χ1) is 13.0. The lowest BCUT2D eigenvalue weighted by Crippen LogP contribution is -2.32. The molecule has 0 spiro atoms. The summed E-state index contributed by atoms with van der Waals surface area (Å²) in [6, 6.07) is 9.54. The Hall–Kier alpha value is -2.00. The topological polar surface area (TPSA) is 97.4 Å². The molecule has 1 atom stereocenters. The van der Waals surface area contributed by atoms with Gasteiger partial charge in [-0.3, -0.25) is 9.78 Å². The fourth-order valence-electron chi connectivity index (χ4n) is 2.71. The van der Waals surface area contributed by atoms with E-state index in [9.17, 15) is 13.2 Å². The first-order valence-corrected chi connectivity index (χ1v) is 10.4. The smallest absolute Gasteiger partial charge is 0.251 e. The van der Waals surface area contributed by atoms with Gasteiger partial charge in [-0.15, -0.1) is 0 Å². The average molecular weight is 410 g/mol. The highest BCUT2D eigenvalue weighted by Crippen LogP contribution is 2.23. The molecule has 27 heavy (non-hydrogen) atoms. The Bertz CT molecular complexity index is 900. The van der Waals surface area contributed by atoms with Crippen LogP contribution in [0.4, 0.5) is 0 Å². The van der Waals surface area contributed by atoms with Gasteiger partial charge in [-0.2, -0.15) is 0 Å². The molecule has 9 heteroatoms. The lowest BCUT2D eigenvalue weighted by molar-refractivity contribution is 0.0950. The van der Waals surface area contributed by atoms with Gasteiger partial charge in [0.15, 0.2) is 0 Å². The van der Waals surface area contributed by atoms with Crippen molar-refractivity contribution >= 4 is 27.5 Å². The van der Waals surface area contributed by atoms with Gasteiger partial charge >= 0.3 is 0 Å². The van der Waals surface area contributed by atoms with Crippen molar-refractivity contribution in [1.82, 2.24) is 15.0 Å². The minimum absolute atomic E-state index is 0.0520. The number of carbonyl (C=O) groups is 1. The Morgan fingerprint density at radius 1 is 1.30 bits per heavy atom. The molecule has 0 bridgehead atoms. The molecule has 2 aromatic rings. The number of rotatable bonds is 7. The molecule has 0 saturated carbocycles. The number of carbonyl (C=O) groups excluding carboxylic acids is 1. The maximum absolute atomic E-state index is 12.6. The Labute approximate surface area is 163 Å². The van der Waals surface area contributed by atoms with Crippen LogP contribution < -0.4 is 10.0 Å². The van der Waals surface area contributed by atoms with Crippen molar-refractivity contribution in [3.8, 4) is 0 Å². The molecule has 1 aliphatic heterocycles. The summed E-state index contributed by atoms with van der Waals surface area (Å²) >= 11 is 6.06. The predicted molar refractivity (Wildman–Crippen MR) is 101 cm³/mol. The molecule has 1 amide bonds. The number of pyridine rings is 1. The van der Waals surface area contributed by atoms with Crippen LogP contribution in [0.5, 0.6) is 0 Å². The highest BCUT2D eigenvalue weighted by Gasteiger charge is 2.23. The van der Waals surface area contributed by atoms with Gasteiger partial charge in [0, 0.05) is 24.9 Å². The van der Waals surface area contributed by atoms with Crippen molar-refractivity contribution in [2.24, 2.45) is 0 Å². The third-order valence-corrected chi connectivity index (χ3v) is 6.07. The monoisotopic (exact) mass is 409 g/mol. The van der Waals surface area contributed by atoms with Crippen molar-refractivity contribution in [2.45, 2.75) is 30.4 Å². The molecule has 3 rings (SSSR count). The maximum atomic E-state index is 12.6. The summed E-state index contributed by atoms with van der Waals surface area (Å²) in [5.41, 5.74) is 0.902. The van der Waals surface area contributed by atoms with E-state index in [-0.39, 0.29) is 34.7 Å². The number of nitrogens with zero attached hydrogens (tertiary/aromatic N) is 1. The summed E-state index contributed by atoms with van der Waals surface area (Å²) in [6.07, 6.45) is 3.22. The Morgan fingerprint density at radius 2 is 2.15 bits per heavy atom. The number of benzene rings is 1. The minimum atomic E-state index is -3.86. The van der Waals surface area contributed by atoms with Gasteiger partial charge in [-0.25, -0.2) is 13.1 Å². The fourth-order valence-corrected chi connectivity index (χ4v) is 4.30. The predicted octanol–water partition coefficient (Wildman–Crippen LogP) is 2.12. The summed E-state index contributed by atoms with van der Waals surface area (Å²) in [6.45, 7) is 1.05. The number of aromatic nitrogens is 1. The first-order valence-electron chi connectivity index (χ1n) is 8.54. The second-order valence-electron chi connectivity index (χ2n) is 6.14. The second-order valence-corrected chi connectivity index (χ2v) is 8.28. The number of sulfonamides is 1. The molecule has 0 unspecified atom stereocenters. The van der Waals surface area contributed by atoms with Gasteiger partial charge in [0.1, 0.15) is 4.90 Å². The minimum Gasteiger partial charge on any atom is -0.377 e. The molecule has 144 valence electrons. The van der Waals surface area contributed by atoms with Crippen LogP contribution in [0, 0.1) is 0 Å². The van der Waals surface area contributed by atoms with Crippen molar-refractivity contribution in [3.05, 3.63) is 58.9 Å². The van der Waals surface area contributed by atoms with Crippen LogP contribution in [0.3, 0.4) is 0 Å². The van der Waals surface area contributed by atoms with E-state index < -0.39 is 15.9 Å². The average Bonchev–Trinajstić information content (AvgIpc) is 3.19. The van der Waals surface area contributed by atoms with Gasteiger partial charge < -0.3 is 10.1 Å². The molecular weight excluding hydrogens is 390 g/mol. The van der Waals surface area contributed by atoms with Crippen LogP contribution >= 0.6 is 11.6 Å². The van der Waals surface area contributed by atoms with Crippen molar-refractivity contribution < 1.29 is 17.9 Å². The van der Waals surface area contributed by atoms with Crippen LogP contribution in [-0.4, -0.2) is 38.6 Å². The van der Waals surface area contributed by atoms with E-state index >= 15 is 0 Å². The quantitative estimate of drug-likeness (QED) is 0.730. The molecule has 1 aliphatic rings. The van der Waals surface area contributed by atoms with Crippen LogP contribution in [0.1, 0.15) is 28.9 Å². The normalized spacial score (nSPS) is 17.0. The molecule has 1 fully saturated rings. The fraction of sp³-hybridized carbons (Fsp3) is 0.333. The van der Waals surface area contributed by atoms with Crippen LogP contribution in [0.15, 0.2) is 47.5 Å². The number of hydrogen-bond donors (Lipinski definition) is 2. The van der Waals surface area contributed by atoms with Crippen molar-refractivity contribution in [1.29, 1.82) is 0 Å². The summed E-state index contributed by atoms with van der Waals surface area (Å²) in [4.78, 5) is 16.4. The lowest BCUT2D eigenvalue weighted by atomic mass is 10.2. The maximum Gasteiger partial charge on any atom is 0.251 e. The molecule has 0 radical (unpaired) electrons. The Balaban J connectivity index is 1.69. The molecule has 1 saturated heterocycles. The van der Waals surface area contributed by atoms with Crippen LogP contribution in [0.25, 0.3) is 0 Å². The third kappa shape index (κ3) is 5.26. The van der Waals surface area contributed by atoms with Crippen molar-refractivity contribution in [2.75, 3.05) is 13.2 Å². The SMILES string of the molecule is O=C(NCc1ccccn1)c1ccc(Cl)c(S(=O)(=O)NC[C@H]2CCCO2)c1. The summed E-state index contributed by atoms with van der Waals surface area (Å²) in [7, 11) is -3.86. The van der Waals surface area contributed by atoms with E-state index in [0.717, 1.165) is 12.8 Å². The number of hydrogen-bond acceptors (Lipinski definition) is 5. The van der Waals surface area contributed by atoms with E-state index in [2.05, 4.69) is 15.0 Å². The molecule has 2 heterocycles. The van der Waals surface area contributed by atoms with Gasteiger partial charge in [0.2, 0.25) is 10.0 Å². The number of halogens is 1. The number of amides is 1. The summed E-state index contributed by atoms with van der Waals surface area (Å²) in [5, 5.41) is 2.76. The molecular formula is C18H20ClN3O4S. The first kappa shape index (κ1) is 19.8. The summed E-state index contributed by atoms with van der Waals surface area (Å²) < 4.78 is 33.1. The van der Waals surface area contributed by atoms with Gasteiger partial charge in [-0.05, 0) is 43.2 Å². The largest absolute Gasteiger partial charge is 0.377 e. The molecule has 2 N–H and O–H groups in total. The van der Waals surface area contributed by atoms with Crippen LogP contribution in [0.2, 0.25) is 5.02 Å². The zero-order valence-electron chi connectivity index (χ0n) is 14.5. The standard InChI is InChI=1S/C18H20ClN3O4S/c19-16-7-6-13(18(23)21-11-14-4-1-2-8-20-14)10-17(16)27(24,25)22-12-15-5-3-9-26-15/h1-2,4,6-8,10,15,22H,3,5,9,11-12H2,(H,21,23)/t15-/m1/s1. The number of ether oxygens (including phenoxy) is 1. The Morgan fingerprint density at radius 3 is 2.85 bits per heavy atom. The number of nitrogens with one attached hydrogen (secondary N) is 2. The van der Waals surface area contributed by atoms with E-state index in [0.29, 0.717) is 12.3 Å². The summed E-state index contributed by atoms with van der Waals surface area (Å²) in [5.74, 6) is -0.409. The highest BCUT2D eigenvalue weighted by atomic mass is 35.5.